The van der Waals surface area contributed by atoms with Crippen LogP contribution in [0.2, 0.25) is 0 Å². The smallest absolute Gasteiger partial charge is 0.338 e. The molecule has 2 heterocycles. The molecule has 1 aromatic heterocycles. The van der Waals surface area contributed by atoms with Crippen LogP contribution in [0.25, 0.3) is 0 Å². The number of nitrogens with zero attached hydrogens (tertiary/aromatic N) is 3. The summed E-state index contributed by atoms with van der Waals surface area (Å²) in [6.45, 7) is 6.74. The summed E-state index contributed by atoms with van der Waals surface area (Å²) in [4.78, 5) is 5.98. The van der Waals surface area contributed by atoms with Crippen LogP contribution < -0.4 is 0 Å². The van der Waals surface area contributed by atoms with E-state index in [1.165, 1.54) is 0 Å². The molecule has 0 amide bonds. The number of rotatable bonds is 3. The van der Waals surface area contributed by atoms with Crippen molar-refractivity contribution in [3.63, 3.8) is 0 Å². The van der Waals surface area contributed by atoms with Gasteiger partial charge in [0.2, 0.25) is 5.89 Å². The van der Waals surface area contributed by atoms with Gasteiger partial charge < -0.3 is 4.52 Å². The molecule has 1 aliphatic heterocycles. The first-order valence-electron chi connectivity index (χ1n) is 6.84. The van der Waals surface area contributed by atoms with E-state index in [0.717, 1.165) is 32.4 Å². The minimum Gasteiger partial charge on any atom is -0.338 e. The van der Waals surface area contributed by atoms with Gasteiger partial charge in [0.05, 0.1) is 6.54 Å². The molecule has 20 heavy (non-hydrogen) atoms. The van der Waals surface area contributed by atoms with Crippen LogP contribution >= 0.6 is 0 Å². The summed E-state index contributed by atoms with van der Waals surface area (Å²) in [5.74, 6) is -0.0217. The molecule has 1 saturated heterocycles. The maximum absolute atomic E-state index is 12.2. The summed E-state index contributed by atoms with van der Waals surface area (Å²) in [5, 5.41) is 3.39. The number of halogens is 3. The van der Waals surface area contributed by atoms with Crippen LogP contribution in [0.4, 0.5) is 13.2 Å². The standard InChI is InChI=1S/C13H20F3N3O/c1-12(2)4-3-6-19(7-5-12)9-11-17-10(18-20-11)8-13(14,15)16/h3-9H2,1-2H3. The maximum atomic E-state index is 12.2. The van der Waals surface area contributed by atoms with Gasteiger partial charge >= 0.3 is 6.18 Å². The van der Waals surface area contributed by atoms with E-state index in [0.29, 0.717) is 12.0 Å². The summed E-state index contributed by atoms with van der Waals surface area (Å²) in [6, 6.07) is 0. The molecule has 0 radical (unpaired) electrons. The first kappa shape index (κ1) is 15.3. The Morgan fingerprint density at radius 2 is 2.00 bits per heavy atom. The largest absolute Gasteiger partial charge is 0.396 e. The molecule has 1 fully saturated rings. The quantitative estimate of drug-likeness (QED) is 0.857. The van der Waals surface area contributed by atoms with Crippen molar-refractivity contribution in [2.45, 2.75) is 52.3 Å². The first-order chi connectivity index (χ1) is 9.23. The summed E-state index contributed by atoms with van der Waals surface area (Å²) < 4.78 is 41.6. The third-order valence-corrected chi connectivity index (χ3v) is 3.66. The minimum absolute atomic E-state index is 0.268. The van der Waals surface area contributed by atoms with Gasteiger partial charge in [-0.15, -0.1) is 0 Å². The van der Waals surface area contributed by atoms with Crippen LogP contribution in [-0.2, 0) is 13.0 Å². The Labute approximate surface area is 116 Å². The van der Waals surface area contributed by atoms with Crippen molar-refractivity contribution in [1.29, 1.82) is 0 Å². The second-order valence-corrected chi connectivity index (χ2v) is 6.19. The fourth-order valence-electron chi connectivity index (χ4n) is 2.43. The lowest BCUT2D eigenvalue weighted by molar-refractivity contribution is -0.128. The predicted molar refractivity (Wildman–Crippen MR) is 67.0 cm³/mol. The van der Waals surface area contributed by atoms with Gasteiger partial charge in [-0.3, -0.25) is 4.90 Å². The van der Waals surface area contributed by atoms with Crippen molar-refractivity contribution in [1.82, 2.24) is 15.0 Å². The Morgan fingerprint density at radius 3 is 2.70 bits per heavy atom. The van der Waals surface area contributed by atoms with Crippen LogP contribution in [0.5, 0.6) is 0 Å². The highest BCUT2D eigenvalue weighted by molar-refractivity contribution is 4.89. The number of hydrogen-bond donors (Lipinski definition) is 0. The van der Waals surface area contributed by atoms with Gasteiger partial charge in [-0.05, 0) is 37.8 Å². The SMILES string of the molecule is CC1(C)CCCN(Cc2nc(CC(F)(F)F)no2)CC1. The number of hydrogen-bond acceptors (Lipinski definition) is 4. The zero-order valence-corrected chi connectivity index (χ0v) is 11.8. The highest BCUT2D eigenvalue weighted by atomic mass is 19.4. The van der Waals surface area contributed by atoms with Crippen LogP contribution in [0, 0.1) is 5.41 Å². The molecule has 1 aliphatic rings. The molecular weight excluding hydrogens is 271 g/mol. The fraction of sp³-hybridized carbons (Fsp3) is 0.846. The maximum Gasteiger partial charge on any atom is 0.396 e. The number of aromatic nitrogens is 2. The second-order valence-electron chi connectivity index (χ2n) is 6.19. The zero-order valence-electron chi connectivity index (χ0n) is 11.8. The Kier molecular flexibility index (Phi) is 4.36. The van der Waals surface area contributed by atoms with Gasteiger partial charge in [-0.25, -0.2) is 0 Å². The van der Waals surface area contributed by atoms with Crippen LogP contribution in [0.15, 0.2) is 4.52 Å². The molecule has 0 aliphatic carbocycles. The molecule has 4 nitrogen and oxygen atoms in total. The van der Waals surface area contributed by atoms with E-state index in [9.17, 15) is 13.2 Å². The molecule has 7 heteroatoms. The number of alkyl halides is 3. The molecule has 0 aromatic carbocycles. The second kappa shape index (κ2) is 5.71. The minimum atomic E-state index is -4.30. The summed E-state index contributed by atoms with van der Waals surface area (Å²) >= 11 is 0. The molecule has 0 bridgehead atoms. The monoisotopic (exact) mass is 291 g/mol. The van der Waals surface area contributed by atoms with Gasteiger partial charge in [0.25, 0.3) is 0 Å². The Bertz CT molecular complexity index is 442. The van der Waals surface area contributed by atoms with E-state index in [1.807, 2.05) is 0 Å². The molecule has 1 aromatic rings. The summed E-state index contributed by atoms with van der Waals surface area (Å²) in [6.07, 6.45) is -2.13. The fourth-order valence-corrected chi connectivity index (χ4v) is 2.43. The average molecular weight is 291 g/mol. The van der Waals surface area contributed by atoms with E-state index < -0.39 is 12.6 Å². The third kappa shape index (κ3) is 4.77. The van der Waals surface area contributed by atoms with Crippen molar-refractivity contribution in [3.05, 3.63) is 11.7 Å². The molecule has 0 saturated carbocycles. The van der Waals surface area contributed by atoms with Crippen molar-refractivity contribution < 1.29 is 17.7 Å². The van der Waals surface area contributed by atoms with Crippen LogP contribution in [-0.4, -0.2) is 34.3 Å². The van der Waals surface area contributed by atoms with Gasteiger partial charge in [0.15, 0.2) is 5.82 Å². The van der Waals surface area contributed by atoms with Gasteiger partial charge in [-0.1, -0.05) is 19.0 Å². The van der Waals surface area contributed by atoms with Crippen molar-refractivity contribution in [2.75, 3.05) is 13.1 Å². The molecule has 0 atom stereocenters. The topological polar surface area (TPSA) is 42.2 Å². The Morgan fingerprint density at radius 1 is 1.25 bits per heavy atom. The number of likely N-dealkylation sites (tertiary alicyclic amines) is 1. The normalized spacial score (nSPS) is 20.9. The van der Waals surface area contributed by atoms with Gasteiger partial charge in [0.1, 0.15) is 6.42 Å². The van der Waals surface area contributed by atoms with Crippen molar-refractivity contribution >= 4 is 0 Å². The van der Waals surface area contributed by atoms with Gasteiger partial charge in [-0.2, -0.15) is 18.2 Å². The Balaban J connectivity index is 1.90. The van der Waals surface area contributed by atoms with E-state index >= 15 is 0 Å². The highest BCUT2D eigenvalue weighted by Gasteiger charge is 2.31. The van der Waals surface area contributed by atoms with Gasteiger partial charge in [0, 0.05) is 0 Å². The lowest BCUT2D eigenvalue weighted by Crippen LogP contribution is -2.25. The predicted octanol–water partition coefficient (Wildman–Crippen LogP) is 3.19. The van der Waals surface area contributed by atoms with Crippen molar-refractivity contribution in [3.8, 4) is 0 Å². The Hall–Kier alpha value is -1.11. The zero-order chi connectivity index (χ0) is 14.8. The summed E-state index contributed by atoms with van der Waals surface area (Å²) in [5.41, 5.74) is 0.324. The molecule has 0 spiro atoms. The average Bonchev–Trinajstić information content (AvgIpc) is 2.62. The molecule has 0 N–H and O–H groups in total. The van der Waals surface area contributed by atoms with Crippen LogP contribution in [0.3, 0.4) is 0 Å². The third-order valence-electron chi connectivity index (χ3n) is 3.66. The summed E-state index contributed by atoms with van der Waals surface area (Å²) in [7, 11) is 0. The van der Waals surface area contributed by atoms with E-state index in [2.05, 4.69) is 28.9 Å². The van der Waals surface area contributed by atoms with E-state index in [1.54, 1.807) is 0 Å². The molecule has 114 valence electrons. The lowest BCUT2D eigenvalue weighted by atomic mass is 9.85. The van der Waals surface area contributed by atoms with Crippen molar-refractivity contribution in [2.24, 2.45) is 5.41 Å². The molecule has 0 unspecified atom stereocenters. The first-order valence-corrected chi connectivity index (χ1v) is 6.84. The molecular formula is C13H20F3N3O. The van der Waals surface area contributed by atoms with Crippen LogP contribution in [0.1, 0.15) is 44.8 Å². The van der Waals surface area contributed by atoms with E-state index in [4.69, 9.17) is 4.52 Å². The van der Waals surface area contributed by atoms with E-state index in [-0.39, 0.29) is 11.7 Å². The highest BCUT2D eigenvalue weighted by Crippen LogP contribution is 2.30. The molecule has 2 rings (SSSR count). The lowest BCUT2D eigenvalue weighted by Gasteiger charge is -2.22.